The number of fused-ring (bicyclic) bond motifs is 1. The minimum absolute atomic E-state index is 0.0410. The van der Waals surface area contributed by atoms with Gasteiger partial charge in [-0.15, -0.1) is 0 Å². The second kappa shape index (κ2) is 6.55. The molecule has 1 fully saturated rings. The zero-order valence-corrected chi connectivity index (χ0v) is 13.9. The molecule has 1 N–H and O–H groups in total. The Morgan fingerprint density at radius 1 is 1.08 bits per heavy atom. The van der Waals surface area contributed by atoms with Gasteiger partial charge in [-0.1, -0.05) is 48.5 Å². The topological polar surface area (TPSA) is 53.2 Å². The third kappa shape index (κ3) is 3.07. The average molecular weight is 332 g/mol. The van der Waals surface area contributed by atoms with Crippen LogP contribution in [0.3, 0.4) is 0 Å². The van der Waals surface area contributed by atoms with E-state index in [1.54, 1.807) is 0 Å². The van der Waals surface area contributed by atoms with E-state index in [4.69, 9.17) is 0 Å². The number of carbonyl (C=O) groups is 1. The summed E-state index contributed by atoms with van der Waals surface area (Å²) in [4.78, 5) is 29.9. The molecule has 2 heterocycles. The van der Waals surface area contributed by atoms with Crippen LogP contribution >= 0.6 is 0 Å². The summed E-state index contributed by atoms with van der Waals surface area (Å²) in [5.41, 5.74) is 2.21. The number of hydrogen-bond donors (Lipinski definition) is 1. The van der Waals surface area contributed by atoms with E-state index in [1.807, 2.05) is 47.4 Å². The van der Waals surface area contributed by atoms with Crippen molar-refractivity contribution in [2.24, 2.45) is 0 Å². The Hall–Kier alpha value is -2.88. The molecule has 0 spiro atoms. The quantitative estimate of drug-likeness (QED) is 0.799. The first-order chi connectivity index (χ1) is 12.2. The van der Waals surface area contributed by atoms with Gasteiger partial charge in [0, 0.05) is 29.6 Å². The van der Waals surface area contributed by atoms with Crippen LogP contribution < -0.4 is 5.56 Å². The first-order valence-electron chi connectivity index (χ1n) is 8.69. The molecule has 1 atom stereocenters. The lowest BCUT2D eigenvalue weighted by atomic mass is 10.0. The summed E-state index contributed by atoms with van der Waals surface area (Å²) in [5.74, 6) is -0.0410. The second-order valence-electron chi connectivity index (χ2n) is 6.58. The number of benzene rings is 2. The molecule has 0 bridgehead atoms. The number of aromatic amines is 1. The Bertz CT molecular complexity index is 962. The summed E-state index contributed by atoms with van der Waals surface area (Å²) < 4.78 is 0. The number of amides is 1. The monoisotopic (exact) mass is 332 g/mol. The largest absolute Gasteiger partial charge is 0.335 e. The lowest BCUT2D eigenvalue weighted by molar-refractivity contribution is 0.0738. The van der Waals surface area contributed by atoms with Gasteiger partial charge in [-0.2, -0.15) is 0 Å². The first kappa shape index (κ1) is 15.6. The number of carbonyl (C=O) groups excluding carboxylic acids is 1. The van der Waals surface area contributed by atoms with Crippen molar-refractivity contribution >= 4 is 16.8 Å². The SMILES string of the molecule is O=C(c1cc(=O)[nH]c2ccccc12)N1CCCC1Cc1ccccc1. The van der Waals surface area contributed by atoms with Crippen LogP contribution in [0.25, 0.3) is 10.9 Å². The number of H-pyrrole nitrogens is 1. The predicted octanol–water partition coefficient (Wildman–Crippen LogP) is 3.38. The van der Waals surface area contributed by atoms with Crippen LogP contribution in [0.5, 0.6) is 0 Å². The summed E-state index contributed by atoms with van der Waals surface area (Å²) in [6.07, 6.45) is 2.86. The number of likely N-dealkylation sites (tertiary alicyclic amines) is 1. The number of nitrogens with zero attached hydrogens (tertiary/aromatic N) is 1. The van der Waals surface area contributed by atoms with Gasteiger partial charge < -0.3 is 9.88 Å². The van der Waals surface area contributed by atoms with Crippen LogP contribution in [0.15, 0.2) is 65.5 Å². The van der Waals surface area contributed by atoms with Crippen LogP contribution in [0.4, 0.5) is 0 Å². The molecule has 1 aromatic heterocycles. The van der Waals surface area contributed by atoms with Crippen molar-refractivity contribution in [2.75, 3.05) is 6.54 Å². The minimum atomic E-state index is -0.235. The fourth-order valence-corrected chi connectivity index (χ4v) is 3.74. The van der Waals surface area contributed by atoms with Crippen LogP contribution in [0, 0.1) is 0 Å². The Labute approximate surface area is 146 Å². The molecule has 0 radical (unpaired) electrons. The van der Waals surface area contributed by atoms with Gasteiger partial charge in [-0.25, -0.2) is 0 Å². The van der Waals surface area contributed by atoms with Crippen LogP contribution in [0.2, 0.25) is 0 Å². The van der Waals surface area contributed by atoms with E-state index in [-0.39, 0.29) is 17.5 Å². The van der Waals surface area contributed by atoms with Gasteiger partial charge in [-0.05, 0) is 30.9 Å². The van der Waals surface area contributed by atoms with E-state index in [2.05, 4.69) is 17.1 Å². The molecule has 1 aliphatic heterocycles. The molecule has 3 aromatic rings. The van der Waals surface area contributed by atoms with Gasteiger partial charge >= 0.3 is 0 Å². The van der Waals surface area contributed by atoms with Crippen molar-refractivity contribution in [3.05, 3.63) is 82.1 Å². The summed E-state index contributed by atoms with van der Waals surface area (Å²) in [7, 11) is 0. The van der Waals surface area contributed by atoms with E-state index >= 15 is 0 Å². The smallest absolute Gasteiger partial charge is 0.255 e. The number of para-hydroxylation sites is 1. The van der Waals surface area contributed by atoms with E-state index in [0.29, 0.717) is 11.1 Å². The van der Waals surface area contributed by atoms with Gasteiger partial charge in [0.25, 0.3) is 5.91 Å². The maximum Gasteiger partial charge on any atom is 0.255 e. The molecule has 4 heteroatoms. The molecule has 4 nitrogen and oxygen atoms in total. The zero-order valence-electron chi connectivity index (χ0n) is 13.9. The zero-order chi connectivity index (χ0) is 17.2. The van der Waals surface area contributed by atoms with Gasteiger partial charge in [0.2, 0.25) is 5.56 Å². The number of rotatable bonds is 3. The van der Waals surface area contributed by atoms with Gasteiger partial charge in [0.1, 0.15) is 0 Å². The molecule has 25 heavy (non-hydrogen) atoms. The molecule has 1 unspecified atom stereocenters. The number of nitrogens with one attached hydrogen (secondary N) is 1. The molecular weight excluding hydrogens is 312 g/mol. The Morgan fingerprint density at radius 2 is 1.84 bits per heavy atom. The van der Waals surface area contributed by atoms with E-state index in [0.717, 1.165) is 31.2 Å². The summed E-state index contributed by atoms with van der Waals surface area (Å²) >= 11 is 0. The number of aromatic nitrogens is 1. The highest BCUT2D eigenvalue weighted by atomic mass is 16.2. The Kier molecular flexibility index (Phi) is 4.10. The Balaban J connectivity index is 1.67. The van der Waals surface area contributed by atoms with Crippen molar-refractivity contribution in [3.63, 3.8) is 0 Å². The molecule has 126 valence electrons. The van der Waals surface area contributed by atoms with E-state index < -0.39 is 0 Å². The normalized spacial score (nSPS) is 17.1. The predicted molar refractivity (Wildman–Crippen MR) is 98.8 cm³/mol. The van der Waals surface area contributed by atoms with Crippen LogP contribution in [0.1, 0.15) is 28.8 Å². The molecule has 2 aromatic carbocycles. The highest BCUT2D eigenvalue weighted by molar-refractivity contribution is 6.06. The molecule has 1 aliphatic rings. The van der Waals surface area contributed by atoms with Crippen molar-refractivity contribution < 1.29 is 4.79 Å². The van der Waals surface area contributed by atoms with Gasteiger partial charge in [0.05, 0.1) is 5.56 Å². The van der Waals surface area contributed by atoms with E-state index in [1.165, 1.54) is 11.6 Å². The summed E-state index contributed by atoms with van der Waals surface area (Å²) in [6.45, 7) is 0.747. The first-order valence-corrected chi connectivity index (χ1v) is 8.69. The molecule has 1 saturated heterocycles. The Morgan fingerprint density at radius 3 is 2.68 bits per heavy atom. The minimum Gasteiger partial charge on any atom is -0.335 e. The standard InChI is InChI=1S/C21H20N2O2/c24-20-14-18(17-10-4-5-11-19(17)22-20)21(25)23-12-6-9-16(23)13-15-7-2-1-3-8-15/h1-5,7-8,10-11,14,16H,6,9,12-13H2,(H,22,24). The van der Waals surface area contributed by atoms with Crippen LogP contribution in [-0.2, 0) is 6.42 Å². The van der Waals surface area contributed by atoms with Crippen LogP contribution in [-0.4, -0.2) is 28.4 Å². The summed E-state index contributed by atoms with van der Waals surface area (Å²) in [5, 5.41) is 0.803. The lowest BCUT2D eigenvalue weighted by Gasteiger charge is -2.25. The highest BCUT2D eigenvalue weighted by Crippen LogP contribution is 2.25. The number of hydrogen-bond acceptors (Lipinski definition) is 2. The second-order valence-corrected chi connectivity index (χ2v) is 6.58. The maximum absolute atomic E-state index is 13.2. The third-order valence-corrected chi connectivity index (χ3v) is 4.93. The molecule has 0 aliphatic carbocycles. The van der Waals surface area contributed by atoms with Gasteiger partial charge in [-0.3, -0.25) is 9.59 Å². The van der Waals surface area contributed by atoms with E-state index in [9.17, 15) is 9.59 Å². The maximum atomic E-state index is 13.2. The fourth-order valence-electron chi connectivity index (χ4n) is 3.74. The third-order valence-electron chi connectivity index (χ3n) is 4.93. The molecule has 1 amide bonds. The molecular formula is C21H20N2O2. The lowest BCUT2D eigenvalue weighted by Crippen LogP contribution is -2.37. The number of pyridine rings is 1. The molecule has 4 rings (SSSR count). The molecule has 0 saturated carbocycles. The summed E-state index contributed by atoms with van der Waals surface area (Å²) in [6, 6.07) is 19.4. The fraction of sp³-hybridized carbons (Fsp3) is 0.238. The van der Waals surface area contributed by atoms with Crippen molar-refractivity contribution in [2.45, 2.75) is 25.3 Å². The van der Waals surface area contributed by atoms with Gasteiger partial charge in [0.15, 0.2) is 0 Å². The highest BCUT2D eigenvalue weighted by Gasteiger charge is 2.30. The van der Waals surface area contributed by atoms with Crippen molar-refractivity contribution in [3.8, 4) is 0 Å². The van der Waals surface area contributed by atoms with Crippen molar-refractivity contribution in [1.82, 2.24) is 9.88 Å². The average Bonchev–Trinajstić information content (AvgIpc) is 3.09. The van der Waals surface area contributed by atoms with Crippen molar-refractivity contribution in [1.29, 1.82) is 0 Å².